The summed E-state index contributed by atoms with van der Waals surface area (Å²) in [6, 6.07) is 8.14. The van der Waals surface area contributed by atoms with Crippen molar-refractivity contribution in [3.05, 3.63) is 56.1 Å². The van der Waals surface area contributed by atoms with Crippen LogP contribution in [0.1, 0.15) is 28.3 Å². The van der Waals surface area contributed by atoms with E-state index in [2.05, 4.69) is 18.4 Å². The predicted molar refractivity (Wildman–Crippen MR) is 89.6 cm³/mol. The lowest BCUT2D eigenvalue weighted by atomic mass is 10.1. The van der Waals surface area contributed by atoms with Gasteiger partial charge in [-0.3, -0.25) is 9.13 Å². The summed E-state index contributed by atoms with van der Waals surface area (Å²) in [6.07, 6.45) is 0.980. The largest absolute Gasteiger partial charge is 0.328 e. The van der Waals surface area contributed by atoms with Gasteiger partial charge in [-0.1, -0.05) is 13.0 Å². The number of aryl methyl sites for hydroxylation is 3. The summed E-state index contributed by atoms with van der Waals surface area (Å²) in [5.41, 5.74) is 4.15. The SMILES string of the molecule is CCc1ccsc1C(Cl)c1ccc2c(c1)n(C)c(=O)n2C. The van der Waals surface area contributed by atoms with Crippen LogP contribution in [0, 0.1) is 0 Å². The zero-order valence-corrected chi connectivity index (χ0v) is 13.8. The number of fused-ring (bicyclic) bond motifs is 1. The first-order chi connectivity index (χ1) is 10.0. The van der Waals surface area contributed by atoms with Crippen LogP contribution in [-0.4, -0.2) is 9.13 Å². The smallest absolute Gasteiger partial charge is 0.295 e. The normalized spacial score (nSPS) is 13.0. The molecule has 2 aromatic heterocycles. The third-order valence-corrected chi connectivity index (χ3v) is 5.60. The van der Waals surface area contributed by atoms with Crippen LogP contribution in [0.25, 0.3) is 11.0 Å². The van der Waals surface area contributed by atoms with Crippen molar-refractivity contribution in [1.82, 2.24) is 9.13 Å². The first-order valence-corrected chi connectivity index (χ1v) is 8.22. The average molecular weight is 321 g/mol. The Morgan fingerprint density at radius 2 is 1.90 bits per heavy atom. The highest BCUT2D eigenvalue weighted by molar-refractivity contribution is 7.10. The first-order valence-electron chi connectivity index (χ1n) is 6.90. The number of thiophene rings is 1. The van der Waals surface area contributed by atoms with Gasteiger partial charge in [0.15, 0.2) is 0 Å². The average Bonchev–Trinajstić information content (AvgIpc) is 3.06. The number of halogens is 1. The van der Waals surface area contributed by atoms with E-state index in [1.807, 2.05) is 18.2 Å². The highest BCUT2D eigenvalue weighted by atomic mass is 35.5. The fraction of sp³-hybridized carbons (Fsp3) is 0.312. The zero-order chi connectivity index (χ0) is 15.1. The van der Waals surface area contributed by atoms with Gasteiger partial charge in [-0.15, -0.1) is 22.9 Å². The Kier molecular flexibility index (Phi) is 3.68. The van der Waals surface area contributed by atoms with Crippen molar-refractivity contribution in [1.29, 1.82) is 0 Å². The molecule has 0 aliphatic rings. The number of imidazole rings is 1. The second-order valence-corrected chi connectivity index (χ2v) is 6.56. The van der Waals surface area contributed by atoms with Gasteiger partial charge in [0.05, 0.1) is 16.4 Å². The molecule has 0 spiro atoms. The third kappa shape index (κ3) is 2.23. The molecule has 3 aromatic rings. The number of alkyl halides is 1. The summed E-state index contributed by atoms with van der Waals surface area (Å²) in [5.74, 6) is 0. The van der Waals surface area contributed by atoms with E-state index in [-0.39, 0.29) is 11.1 Å². The monoisotopic (exact) mass is 320 g/mol. The Labute approximate surface area is 132 Å². The lowest BCUT2D eigenvalue weighted by Crippen LogP contribution is -2.19. The molecule has 0 radical (unpaired) electrons. The van der Waals surface area contributed by atoms with Crippen LogP contribution in [0.5, 0.6) is 0 Å². The van der Waals surface area contributed by atoms with Gasteiger partial charge in [-0.2, -0.15) is 0 Å². The Morgan fingerprint density at radius 3 is 2.62 bits per heavy atom. The minimum Gasteiger partial charge on any atom is -0.295 e. The molecule has 110 valence electrons. The highest BCUT2D eigenvalue weighted by Crippen LogP contribution is 2.36. The number of nitrogens with zero attached hydrogens (tertiary/aromatic N) is 2. The molecule has 0 bridgehead atoms. The molecule has 3 rings (SSSR count). The summed E-state index contributed by atoms with van der Waals surface area (Å²) in [4.78, 5) is 13.2. The standard InChI is InChI=1S/C16H17ClN2OS/c1-4-10-7-8-21-15(10)14(17)11-5-6-12-13(9-11)19(3)16(20)18(12)2/h5-9,14H,4H2,1-3H3. The summed E-state index contributed by atoms with van der Waals surface area (Å²) in [6.45, 7) is 2.14. The van der Waals surface area contributed by atoms with Gasteiger partial charge in [0.2, 0.25) is 0 Å². The molecule has 1 unspecified atom stereocenters. The fourth-order valence-electron chi connectivity index (χ4n) is 2.69. The van der Waals surface area contributed by atoms with Crippen molar-refractivity contribution >= 4 is 34.0 Å². The Balaban J connectivity index is 2.13. The molecule has 0 aliphatic carbocycles. The van der Waals surface area contributed by atoms with Crippen molar-refractivity contribution in [2.45, 2.75) is 18.7 Å². The van der Waals surface area contributed by atoms with Gasteiger partial charge >= 0.3 is 5.69 Å². The number of aromatic nitrogens is 2. The van der Waals surface area contributed by atoms with Crippen LogP contribution in [0.4, 0.5) is 0 Å². The zero-order valence-electron chi connectivity index (χ0n) is 12.3. The van der Waals surface area contributed by atoms with Crippen LogP contribution in [0.2, 0.25) is 0 Å². The van der Waals surface area contributed by atoms with E-state index >= 15 is 0 Å². The number of rotatable bonds is 3. The molecule has 3 nitrogen and oxygen atoms in total. The van der Waals surface area contributed by atoms with E-state index in [1.165, 1.54) is 10.4 Å². The maximum atomic E-state index is 12.0. The summed E-state index contributed by atoms with van der Waals surface area (Å²) in [5, 5.41) is 1.92. The van der Waals surface area contributed by atoms with Crippen LogP contribution in [-0.2, 0) is 20.5 Å². The molecule has 21 heavy (non-hydrogen) atoms. The van der Waals surface area contributed by atoms with E-state index in [0.717, 1.165) is 23.0 Å². The van der Waals surface area contributed by atoms with Gasteiger partial charge in [-0.25, -0.2) is 4.79 Å². The third-order valence-electron chi connectivity index (χ3n) is 3.98. The topological polar surface area (TPSA) is 26.9 Å². The molecule has 5 heteroatoms. The minimum absolute atomic E-state index is 0.0151. The number of hydrogen-bond donors (Lipinski definition) is 0. The van der Waals surface area contributed by atoms with Crippen LogP contribution < -0.4 is 5.69 Å². The Morgan fingerprint density at radius 1 is 1.19 bits per heavy atom. The number of benzene rings is 1. The second-order valence-electron chi connectivity index (χ2n) is 5.17. The van der Waals surface area contributed by atoms with E-state index in [0.29, 0.717) is 0 Å². The summed E-state index contributed by atoms with van der Waals surface area (Å²) < 4.78 is 3.32. The van der Waals surface area contributed by atoms with Gasteiger partial charge in [0, 0.05) is 19.0 Å². The van der Waals surface area contributed by atoms with Crippen molar-refractivity contribution in [3.63, 3.8) is 0 Å². The second kappa shape index (κ2) is 5.35. The quantitative estimate of drug-likeness (QED) is 0.674. The molecular weight excluding hydrogens is 304 g/mol. The molecule has 2 heterocycles. The number of hydrogen-bond acceptors (Lipinski definition) is 2. The Hall–Kier alpha value is -1.52. The van der Waals surface area contributed by atoms with Crippen molar-refractivity contribution in [2.24, 2.45) is 14.1 Å². The molecule has 1 aromatic carbocycles. The molecule has 1 atom stereocenters. The molecule has 0 saturated heterocycles. The highest BCUT2D eigenvalue weighted by Gasteiger charge is 2.17. The lowest BCUT2D eigenvalue weighted by Gasteiger charge is -2.11. The first kappa shape index (κ1) is 14.4. The van der Waals surface area contributed by atoms with E-state index in [9.17, 15) is 4.79 Å². The summed E-state index contributed by atoms with van der Waals surface area (Å²) >= 11 is 8.36. The van der Waals surface area contributed by atoms with Gasteiger partial charge in [0.1, 0.15) is 0 Å². The maximum Gasteiger partial charge on any atom is 0.328 e. The molecule has 0 N–H and O–H groups in total. The van der Waals surface area contributed by atoms with Crippen LogP contribution >= 0.6 is 22.9 Å². The van der Waals surface area contributed by atoms with Crippen molar-refractivity contribution < 1.29 is 0 Å². The molecule has 0 aliphatic heterocycles. The predicted octanol–water partition coefficient (Wildman–Crippen LogP) is 3.83. The summed E-state index contributed by atoms with van der Waals surface area (Å²) in [7, 11) is 3.58. The van der Waals surface area contributed by atoms with Gasteiger partial charge in [-0.05, 0) is 41.1 Å². The van der Waals surface area contributed by atoms with Gasteiger partial charge in [0.25, 0.3) is 0 Å². The van der Waals surface area contributed by atoms with E-state index < -0.39 is 0 Å². The maximum absolute atomic E-state index is 12.0. The van der Waals surface area contributed by atoms with Crippen molar-refractivity contribution in [3.8, 4) is 0 Å². The van der Waals surface area contributed by atoms with Gasteiger partial charge < -0.3 is 0 Å². The molecular formula is C16H17ClN2OS. The fourth-order valence-corrected chi connectivity index (χ4v) is 4.12. The van der Waals surface area contributed by atoms with Crippen LogP contribution in [0.15, 0.2) is 34.4 Å². The van der Waals surface area contributed by atoms with Crippen molar-refractivity contribution in [2.75, 3.05) is 0 Å². The molecule has 0 amide bonds. The molecule has 0 fully saturated rings. The molecule has 0 saturated carbocycles. The lowest BCUT2D eigenvalue weighted by molar-refractivity contribution is 0.795. The minimum atomic E-state index is -0.167. The Bertz CT molecular complexity index is 859. The van der Waals surface area contributed by atoms with Crippen LogP contribution in [0.3, 0.4) is 0 Å². The van der Waals surface area contributed by atoms with E-state index in [4.69, 9.17) is 11.6 Å². The van der Waals surface area contributed by atoms with E-state index in [1.54, 1.807) is 34.6 Å².